The van der Waals surface area contributed by atoms with Gasteiger partial charge in [0, 0.05) is 0 Å². The van der Waals surface area contributed by atoms with Gasteiger partial charge in [0.2, 0.25) is 0 Å². The van der Waals surface area contributed by atoms with Crippen LogP contribution in [-0.4, -0.2) is 0 Å². The third-order valence-electron chi connectivity index (χ3n) is 30.5. The van der Waals surface area contributed by atoms with Gasteiger partial charge in [0.05, 0.1) is 0 Å². The summed E-state index contributed by atoms with van der Waals surface area (Å²) in [4.78, 5) is 0. The highest BCUT2D eigenvalue weighted by Gasteiger charge is 2.51. The molecule has 20 saturated carbocycles. The molecule has 20 fully saturated rings. The Hall–Kier alpha value is 0. The molecule has 2 spiro atoms. The first-order valence-corrected chi connectivity index (χ1v) is 37.8. The van der Waals surface area contributed by atoms with Gasteiger partial charge in [0.15, 0.2) is 0 Å². The van der Waals surface area contributed by atoms with Crippen LogP contribution in [0.15, 0.2) is 0 Å². The maximum atomic E-state index is 2.49. The molecule has 0 heterocycles. The van der Waals surface area contributed by atoms with Gasteiger partial charge in [0.1, 0.15) is 0 Å². The fourth-order valence-electron chi connectivity index (χ4n) is 25.1. The number of hydrogen-bond acceptors (Lipinski definition) is 0. The lowest BCUT2D eigenvalue weighted by molar-refractivity contribution is -0.0545. The van der Waals surface area contributed by atoms with E-state index in [-0.39, 0.29) is 0 Å². The molecule has 0 saturated heterocycles. The Balaban J connectivity index is 0.000000114. The molecule has 0 radical (unpaired) electrons. The summed E-state index contributed by atoms with van der Waals surface area (Å²) in [6.45, 7) is 37.0. The number of hydrogen-bond donors (Lipinski definition) is 0. The summed E-state index contributed by atoms with van der Waals surface area (Å²) in [5.74, 6) is 18.3. The summed E-state index contributed by atoms with van der Waals surface area (Å²) in [6.07, 6.45) is 62.7. The van der Waals surface area contributed by atoms with Crippen molar-refractivity contribution in [1.82, 2.24) is 0 Å². The maximum absolute atomic E-state index is 2.49. The molecule has 0 amide bonds. The maximum Gasteiger partial charge on any atom is -0.0287 e. The lowest BCUT2D eigenvalue weighted by Gasteiger charge is -2.56. The second-order valence-corrected chi connectivity index (χ2v) is 37.9. The minimum absolute atomic E-state index is 0.572. The second kappa shape index (κ2) is 26.8. The van der Waals surface area contributed by atoms with Crippen LogP contribution in [0, 0.1) is 139 Å². The topological polar surface area (TPSA) is 0 Å². The molecule has 20 rings (SSSR count). The average Bonchev–Trinajstić information content (AvgIpc) is 3.46. The number of fused-ring (bicyclic) bond motifs is 12. The molecule has 12 bridgehead atoms. The van der Waals surface area contributed by atoms with Crippen LogP contribution in [0.4, 0.5) is 0 Å². The summed E-state index contributed by atoms with van der Waals surface area (Å²) in [7, 11) is 0. The first-order chi connectivity index (χ1) is 37.8. The van der Waals surface area contributed by atoms with Gasteiger partial charge in [-0.2, -0.15) is 0 Å². The lowest BCUT2D eigenvalue weighted by atomic mass is 9.49. The molecule has 0 aliphatic heterocycles. The van der Waals surface area contributed by atoms with E-state index in [0.717, 1.165) is 117 Å². The van der Waals surface area contributed by atoms with Crippen LogP contribution in [0.25, 0.3) is 0 Å². The zero-order valence-electron chi connectivity index (χ0n) is 57.3. The van der Waals surface area contributed by atoms with Crippen molar-refractivity contribution in [3.8, 4) is 0 Å². The van der Waals surface area contributed by atoms with E-state index in [2.05, 4.69) is 104 Å². The molecular weight excluding hydrogens is 961 g/mol. The van der Waals surface area contributed by atoms with Gasteiger partial charge in [-0.15, -0.1) is 0 Å². The third-order valence-corrected chi connectivity index (χ3v) is 30.5. The molecule has 20 aliphatic rings. The largest absolute Gasteiger partial charge is 0.0649 e. The Kier molecular flexibility index (Phi) is 21.6. The Morgan fingerprint density at radius 3 is 1.10 bits per heavy atom. The zero-order valence-corrected chi connectivity index (χ0v) is 57.3. The van der Waals surface area contributed by atoms with E-state index in [1.807, 2.05) is 0 Å². The van der Waals surface area contributed by atoms with Crippen LogP contribution < -0.4 is 0 Å². The Morgan fingerprint density at radius 2 is 0.775 bits per heavy atom. The Bertz CT molecular complexity index is 1740. The van der Waals surface area contributed by atoms with Crippen molar-refractivity contribution in [3.05, 3.63) is 0 Å². The monoisotopic (exact) mass is 1110 g/mol. The van der Waals surface area contributed by atoms with Crippen molar-refractivity contribution < 1.29 is 0 Å². The van der Waals surface area contributed by atoms with E-state index in [1.54, 1.807) is 96.3 Å². The van der Waals surface area contributed by atoms with Gasteiger partial charge >= 0.3 is 0 Å². The molecule has 1 unspecified atom stereocenters. The van der Waals surface area contributed by atoms with Crippen molar-refractivity contribution in [2.45, 2.75) is 367 Å². The molecule has 0 nitrogen and oxygen atoms in total. The van der Waals surface area contributed by atoms with Crippen LogP contribution in [0.5, 0.6) is 0 Å². The van der Waals surface area contributed by atoms with Crippen molar-refractivity contribution in [3.63, 3.8) is 0 Å². The van der Waals surface area contributed by atoms with Gasteiger partial charge in [-0.25, -0.2) is 0 Å². The van der Waals surface area contributed by atoms with E-state index in [4.69, 9.17) is 0 Å². The molecule has 464 valence electrons. The molecule has 0 N–H and O–H groups in total. The van der Waals surface area contributed by atoms with E-state index in [9.17, 15) is 0 Å². The number of rotatable bonds is 1. The van der Waals surface area contributed by atoms with E-state index < -0.39 is 0 Å². The highest BCUT2D eigenvalue weighted by atomic mass is 14.6. The standard InChI is InChI=1S/C16H30.C12H20.C12H22.C11H20.2C10H18.C9H16/c1-13-6-8-16(9-7-13)11-14(2,3)10-15(4,5)12-16;1-2-12-6-9-3-10(7-12)5-11(4-9)8-12;1-11-5-9-12(10-6-11)7-3-2-4-8-12;1-8-9-4-6-10(7-5-9)11(8,2)3;1-8-7-9-3-5-10(8,2)6-4-9;1-7-8(2)10-5-3-9(7)4-6-10;1-7-6-8-2-4-9(7)5-3-8/h13H,6-12H2,1-5H3;9-11H,2-8H2,1H3;11H,2-10H2,1H3;8-10H,4-7H2,1-3H3;8-9H,3-7H2,1-2H3;7-10H,3-6H2,1-2H3;7-9H,2-6H2,1H3/t;;;2*8-,9?,10?;7-,8?,9?,10?;7-,8?,9?/m...1000/s1. The van der Waals surface area contributed by atoms with Crippen LogP contribution in [-0.2, 0) is 0 Å². The summed E-state index contributed by atoms with van der Waals surface area (Å²) >= 11 is 0. The van der Waals surface area contributed by atoms with E-state index in [1.165, 1.54) is 167 Å². The fourth-order valence-corrected chi connectivity index (χ4v) is 25.1. The van der Waals surface area contributed by atoms with Crippen LogP contribution >= 0.6 is 0 Å². The zero-order chi connectivity index (χ0) is 57.3. The van der Waals surface area contributed by atoms with Crippen molar-refractivity contribution in [1.29, 1.82) is 0 Å². The van der Waals surface area contributed by atoms with Crippen molar-refractivity contribution in [2.24, 2.45) is 139 Å². The third kappa shape index (κ3) is 16.0. The van der Waals surface area contributed by atoms with Crippen LogP contribution in [0.2, 0.25) is 0 Å². The van der Waals surface area contributed by atoms with Crippen LogP contribution in [0.3, 0.4) is 0 Å². The van der Waals surface area contributed by atoms with Gasteiger partial charge in [0.25, 0.3) is 0 Å². The van der Waals surface area contributed by atoms with Gasteiger partial charge in [-0.3, -0.25) is 0 Å². The van der Waals surface area contributed by atoms with Crippen molar-refractivity contribution in [2.75, 3.05) is 0 Å². The predicted octanol–water partition coefficient (Wildman–Crippen LogP) is 25.8. The summed E-state index contributed by atoms with van der Waals surface area (Å²) < 4.78 is 0. The normalized spacial score (nSPS) is 45.8. The van der Waals surface area contributed by atoms with Crippen molar-refractivity contribution >= 4 is 0 Å². The van der Waals surface area contributed by atoms with E-state index in [0.29, 0.717) is 21.7 Å². The molecule has 0 heteroatoms. The first-order valence-electron chi connectivity index (χ1n) is 37.8. The molecule has 5 atom stereocenters. The van der Waals surface area contributed by atoms with E-state index >= 15 is 0 Å². The van der Waals surface area contributed by atoms with Gasteiger partial charge in [-0.1, -0.05) is 168 Å². The highest BCUT2D eigenvalue weighted by molar-refractivity contribution is 5.02. The summed E-state index contributed by atoms with van der Waals surface area (Å²) in [5, 5.41) is 0. The molecule has 20 aliphatic carbocycles. The second-order valence-electron chi connectivity index (χ2n) is 37.9. The lowest BCUT2D eigenvalue weighted by Crippen LogP contribution is -2.45. The fraction of sp³-hybridized carbons (Fsp3) is 1.00. The van der Waals surface area contributed by atoms with Crippen LogP contribution in [0.1, 0.15) is 367 Å². The minimum Gasteiger partial charge on any atom is -0.0649 e. The Labute approximate surface area is 503 Å². The summed E-state index contributed by atoms with van der Waals surface area (Å²) in [6, 6.07) is 0. The molecular formula is C80H144. The first kappa shape index (κ1) is 64.5. The SMILES string of the molecule is CC1C2CCC(CC2)[C@H]1C.CC1CCC2(CC1)CC(C)(C)CC(C)(C)C2.CC1CCC2(CCCCC2)CC1.CCC12CC3CC(CC(C3)C1)C2.C[C@@H]1C2CCC(CC2)C1(C)C.C[C@H]1CC2CCC1(C)CC2.C[C@H]1CC2CCC1CC2. The molecule has 0 aromatic carbocycles. The van der Waals surface area contributed by atoms with Gasteiger partial charge in [-0.05, 0) is 338 Å². The average molecular weight is 1110 g/mol. The quantitative estimate of drug-likeness (QED) is 0.245. The predicted molar refractivity (Wildman–Crippen MR) is 351 cm³/mol. The van der Waals surface area contributed by atoms with Gasteiger partial charge < -0.3 is 0 Å². The minimum atomic E-state index is 0.572. The molecule has 0 aromatic rings. The molecule has 80 heavy (non-hydrogen) atoms. The highest BCUT2D eigenvalue weighted by Crippen LogP contribution is 2.63. The molecule has 0 aromatic heterocycles. The smallest absolute Gasteiger partial charge is 0.0287 e. The Morgan fingerprint density at radius 1 is 0.350 bits per heavy atom. The summed E-state index contributed by atoms with van der Waals surface area (Å²) in [5.41, 5.74) is 4.93.